The Hall–Kier alpha value is -2.60. The fourth-order valence-electron chi connectivity index (χ4n) is 2.38. The molecule has 4 rings (SSSR count). The van der Waals surface area contributed by atoms with E-state index < -0.39 is 0 Å². The van der Waals surface area contributed by atoms with Crippen molar-refractivity contribution in [3.63, 3.8) is 0 Å². The molecule has 0 saturated heterocycles. The zero-order chi connectivity index (χ0) is 16.2. The number of benzene rings is 1. The van der Waals surface area contributed by atoms with Gasteiger partial charge in [0.05, 0.1) is 5.69 Å². The quantitative estimate of drug-likeness (QED) is 0.677. The first kappa shape index (κ1) is 15.0. The molecule has 5 nitrogen and oxygen atoms in total. The maximum atomic E-state index is 5.94. The van der Waals surface area contributed by atoms with Crippen LogP contribution in [0.1, 0.15) is 17.5 Å². The molecule has 120 valence electrons. The lowest BCUT2D eigenvalue weighted by atomic mass is 10.2. The van der Waals surface area contributed by atoms with Crippen LogP contribution in [0.2, 0.25) is 0 Å². The molecule has 6 heteroatoms. The molecule has 0 saturated carbocycles. The number of fused-ring (bicyclic) bond motifs is 1. The maximum Gasteiger partial charge on any atom is 0.176 e. The molecule has 1 unspecified atom stereocenters. The number of aromatic nitrogens is 3. The van der Waals surface area contributed by atoms with Crippen molar-refractivity contribution in [2.45, 2.75) is 16.9 Å². The topological polar surface area (TPSA) is 57.1 Å². The number of pyridine rings is 1. The molecule has 1 aliphatic rings. The summed E-state index contributed by atoms with van der Waals surface area (Å²) >= 11 is 1.61. The second-order valence-electron chi connectivity index (χ2n) is 5.27. The SMILES string of the molecule is c1ccc(CSc2ccc(C3COc4ccccc4O3)nn2)nc1. The minimum Gasteiger partial charge on any atom is -0.485 e. The number of nitrogens with zero attached hydrogens (tertiary/aromatic N) is 3. The molecule has 0 fully saturated rings. The molecule has 0 bridgehead atoms. The van der Waals surface area contributed by atoms with Gasteiger partial charge in [-0.25, -0.2) is 0 Å². The predicted octanol–water partition coefficient (Wildman–Crippen LogP) is 3.68. The molecule has 0 spiro atoms. The summed E-state index contributed by atoms with van der Waals surface area (Å²) in [6.07, 6.45) is 1.56. The Morgan fingerprint density at radius 2 is 1.83 bits per heavy atom. The summed E-state index contributed by atoms with van der Waals surface area (Å²) in [5.74, 6) is 2.28. The van der Waals surface area contributed by atoms with Crippen molar-refractivity contribution in [1.29, 1.82) is 0 Å². The van der Waals surface area contributed by atoms with Crippen LogP contribution >= 0.6 is 11.8 Å². The highest BCUT2D eigenvalue weighted by atomic mass is 32.2. The van der Waals surface area contributed by atoms with Crippen LogP contribution < -0.4 is 9.47 Å². The molecule has 24 heavy (non-hydrogen) atoms. The van der Waals surface area contributed by atoms with E-state index in [1.807, 2.05) is 54.6 Å². The third kappa shape index (κ3) is 3.33. The summed E-state index contributed by atoms with van der Waals surface area (Å²) in [5, 5.41) is 9.43. The van der Waals surface area contributed by atoms with Crippen molar-refractivity contribution in [2.75, 3.05) is 6.61 Å². The van der Waals surface area contributed by atoms with Gasteiger partial charge in [0.15, 0.2) is 17.6 Å². The smallest absolute Gasteiger partial charge is 0.176 e. The minimum absolute atomic E-state index is 0.234. The Balaban J connectivity index is 1.41. The first-order valence-corrected chi connectivity index (χ1v) is 8.62. The molecule has 1 aromatic carbocycles. The normalized spacial score (nSPS) is 15.9. The van der Waals surface area contributed by atoms with Gasteiger partial charge in [-0.3, -0.25) is 4.98 Å². The summed E-state index contributed by atoms with van der Waals surface area (Å²) < 4.78 is 11.7. The van der Waals surface area contributed by atoms with E-state index in [0.717, 1.165) is 33.7 Å². The molecule has 2 aromatic heterocycles. The van der Waals surface area contributed by atoms with Gasteiger partial charge in [-0.15, -0.1) is 5.10 Å². The highest BCUT2D eigenvalue weighted by molar-refractivity contribution is 7.98. The van der Waals surface area contributed by atoms with Crippen molar-refractivity contribution in [2.24, 2.45) is 0 Å². The standard InChI is InChI=1S/C18H15N3O2S/c1-2-7-16-15(6-1)22-11-17(23-16)14-8-9-18(21-20-14)24-12-13-5-3-4-10-19-13/h1-10,17H,11-12H2. The fraction of sp³-hybridized carbons (Fsp3) is 0.167. The second kappa shape index (κ2) is 6.88. The first-order valence-electron chi connectivity index (χ1n) is 7.63. The van der Waals surface area contributed by atoms with Gasteiger partial charge in [0, 0.05) is 11.9 Å². The molecular weight excluding hydrogens is 322 g/mol. The van der Waals surface area contributed by atoms with Crippen LogP contribution in [0.5, 0.6) is 11.5 Å². The van der Waals surface area contributed by atoms with Crippen LogP contribution in [0.15, 0.2) is 65.8 Å². The predicted molar refractivity (Wildman–Crippen MR) is 91.1 cm³/mol. The van der Waals surface area contributed by atoms with Crippen molar-refractivity contribution in [1.82, 2.24) is 15.2 Å². The van der Waals surface area contributed by atoms with Crippen LogP contribution in [0.25, 0.3) is 0 Å². The summed E-state index contributed by atoms with van der Waals surface area (Å²) in [5.41, 5.74) is 1.79. The molecule has 0 aliphatic carbocycles. The first-order chi connectivity index (χ1) is 11.9. The molecule has 0 radical (unpaired) electrons. The van der Waals surface area contributed by atoms with Gasteiger partial charge in [0.2, 0.25) is 0 Å². The van der Waals surface area contributed by atoms with Crippen molar-refractivity contribution < 1.29 is 9.47 Å². The van der Waals surface area contributed by atoms with E-state index in [2.05, 4.69) is 15.2 Å². The molecule has 3 aromatic rings. The van der Waals surface area contributed by atoms with Gasteiger partial charge in [-0.1, -0.05) is 30.0 Å². The van der Waals surface area contributed by atoms with Gasteiger partial charge in [0.25, 0.3) is 0 Å². The number of para-hydroxylation sites is 2. The molecule has 1 aliphatic heterocycles. The second-order valence-corrected chi connectivity index (χ2v) is 6.27. The Morgan fingerprint density at radius 1 is 0.958 bits per heavy atom. The van der Waals surface area contributed by atoms with Crippen molar-refractivity contribution in [3.05, 3.63) is 72.2 Å². The van der Waals surface area contributed by atoms with Crippen molar-refractivity contribution in [3.8, 4) is 11.5 Å². The van der Waals surface area contributed by atoms with E-state index >= 15 is 0 Å². The van der Waals surface area contributed by atoms with E-state index in [1.54, 1.807) is 18.0 Å². The zero-order valence-corrected chi connectivity index (χ0v) is 13.6. The lowest BCUT2D eigenvalue weighted by Gasteiger charge is -2.25. The molecule has 0 amide bonds. The number of rotatable bonds is 4. The summed E-state index contributed by atoms with van der Waals surface area (Å²) in [7, 11) is 0. The summed E-state index contributed by atoms with van der Waals surface area (Å²) in [6, 6.07) is 17.4. The lowest BCUT2D eigenvalue weighted by molar-refractivity contribution is 0.0875. The third-order valence-electron chi connectivity index (χ3n) is 3.59. The van der Waals surface area contributed by atoms with Crippen molar-refractivity contribution >= 4 is 11.8 Å². The number of thioether (sulfide) groups is 1. The summed E-state index contributed by atoms with van der Waals surface area (Å²) in [6.45, 7) is 0.437. The van der Waals surface area contributed by atoms with E-state index in [9.17, 15) is 0 Å². The zero-order valence-electron chi connectivity index (χ0n) is 12.8. The van der Waals surface area contributed by atoms with Gasteiger partial charge in [0.1, 0.15) is 17.3 Å². The van der Waals surface area contributed by atoms with Crippen LogP contribution in [0.3, 0.4) is 0 Å². The Kier molecular flexibility index (Phi) is 4.29. The van der Waals surface area contributed by atoms with E-state index in [0.29, 0.717) is 6.61 Å². The number of hydrogen-bond donors (Lipinski definition) is 0. The van der Waals surface area contributed by atoms with Crippen LogP contribution in [0, 0.1) is 0 Å². The van der Waals surface area contributed by atoms with Gasteiger partial charge < -0.3 is 9.47 Å². The van der Waals surface area contributed by atoms with E-state index in [-0.39, 0.29) is 6.10 Å². The third-order valence-corrected chi connectivity index (χ3v) is 4.55. The Bertz CT molecular complexity index is 812. The Labute approximate surface area is 144 Å². The average molecular weight is 337 g/mol. The van der Waals surface area contributed by atoms with Crippen LogP contribution in [0.4, 0.5) is 0 Å². The highest BCUT2D eigenvalue weighted by Gasteiger charge is 2.23. The molecular formula is C18H15N3O2S. The van der Waals surface area contributed by atoms with Crippen LogP contribution in [-0.4, -0.2) is 21.8 Å². The lowest BCUT2D eigenvalue weighted by Crippen LogP contribution is -2.22. The van der Waals surface area contributed by atoms with Gasteiger partial charge in [-0.2, -0.15) is 5.10 Å². The number of hydrogen-bond acceptors (Lipinski definition) is 6. The molecule has 3 heterocycles. The van der Waals surface area contributed by atoms with Crippen LogP contribution in [-0.2, 0) is 5.75 Å². The Morgan fingerprint density at radius 3 is 2.62 bits per heavy atom. The van der Waals surface area contributed by atoms with E-state index in [4.69, 9.17) is 9.47 Å². The fourth-order valence-corrected chi connectivity index (χ4v) is 3.11. The average Bonchev–Trinajstić information content (AvgIpc) is 2.67. The number of ether oxygens (including phenoxy) is 2. The maximum absolute atomic E-state index is 5.94. The summed E-state index contributed by atoms with van der Waals surface area (Å²) in [4.78, 5) is 4.30. The van der Waals surface area contributed by atoms with E-state index in [1.165, 1.54) is 0 Å². The largest absolute Gasteiger partial charge is 0.485 e. The highest BCUT2D eigenvalue weighted by Crippen LogP contribution is 2.35. The van der Waals surface area contributed by atoms with Gasteiger partial charge in [-0.05, 0) is 36.4 Å². The monoisotopic (exact) mass is 337 g/mol. The molecule has 0 N–H and O–H groups in total. The van der Waals surface area contributed by atoms with Gasteiger partial charge >= 0.3 is 0 Å². The molecule has 1 atom stereocenters. The minimum atomic E-state index is -0.234.